The van der Waals surface area contributed by atoms with Gasteiger partial charge in [-0.3, -0.25) is 9.59 Å². The molecule has 0 unspecified atom stereocenters. The van der Waals surface area contributed by atoms with Crippen LogP contribution in [-0.4, -0.2) is 85.3 Å². The molecule has 2 aromatic carbocycles. The zero-order valence-electron chi connectivity index (χ0n) is 22.0. The number of benzene rings is 2. The third-order valence-electron chi connectivity index (χ3n) is 5.27. The normalized spacial score (nSPS) is 11.3. The van der Waals surface area contributed by atoms with Crippen LogP contribution in [0.25, 0.3) is 11.4 Å². The highest BCUT2D eigenvalue weighted by Crippen LogP contribution is 2.32. The number of carbonyl (C=O) groups excluding carboxylic acids is 2. The Bertz CT molecular complexity index is 1250. The summed E-state index contributed by atoms with van der Waals surface area (Å²) in [6.45, 7) is 1.84. The molecule has 0 atom stereocenters. The topological polar surface area (TPSA) is 142 Å². The average molecular weight is 566 g/mol. The molecule has 0 saturated carbocycles. The summed E-state index contributed by atoms with van der Waals surface area (Å²) in [5.74, 6) is -0.353. The number of halogens is 3. The van der Waals surface area contributed by atoms with E-state index in [1.54, 1.807) is 25.2 Å². The van der Waals surface area contributed by atoms with Crippen LogP contribution in [0.5, 0.6) is 0 Å². The van der Waals surface area contributed by atoms with E-state index in [0.717, 1.165) is 12.1 Å². The Morgan fingerprint density at radius 3 is 2.23 bits per heavy atom. The minimum Gasteiger partial charge on any atom is -0.377 e. The van der Waals surface area contributed by atoms with Crippen molar-refractivity contribution < 1.29 is 37.0 Å². The van der Waals surface area contributed by atoms with Crippen LogP contribution >= 0.6 is 0 Å². The van der Waals surface area contributed by atoms with Gasteiger partial charge < -0.3 is 30.2 Å². The van der Waals surface area contributed by atoms with Crippen molar-refractivity contribution in [3.8, 4) is 11.4 Å². The predicted octanol–water partition coefficient (Wildman–Crippen LogP) is 2.17. The first kappa shape index (κ1) is 30.5. The summed E-state index contributed by atoms with van der Waals surface area (Å²) in [4.78, 5) is 25.2. The number of hydrogen-bond donors (Lipinski definition) is 3. The van der Waals surface area contributed by atoms with E-state index in [1.165, 1.54) is 24.0 Å². The molecule has 3 N–H and O–H groups in total. The molecule has 0 aliphatic carbocycles. The fourth-order valence-electron chi connectivity index (χ4n) is 3.37. The number of hydrogen-bond acceptors (Lipinski definition) is 9. The molecule has 3 aromatic rings. The summed E-state index contributed by atoms with van der Waals surface area (Å²) in [6, 6.07) is 9.32. The summed E-state index contributed by atoms with van der Waals surface area (Å²) in [5.41, 5.74) is 0.881. The fourth-order valence-corrected chi connectivity index (χ4v) is 3.37. The van der Waals surface area contributed by atoms with Crippen molar-refractivity contribution in [1.29, 1.82) is 0 Å². The molecule has 40 heavy (non-hydrogen) atoms. The number of aryl methyl sites for hydroxylation is 1. The lowest BCUT2D eigenvalue weighted by Crippen LogP contribution is -2.30. The molecule has 1 aromatic heterocycles. The van der Waals surface area contributed by atoms with Crippen molar-refractivity contribution in [1.82, 2.24) is 30.8 Å². The van der Waals surface area contributed by atoms with E-state index in [1.807, 2.05) is 0 Å². The van der Waals surface area contributed by atoms with Crippen molar-refractivity contribution in [2.75, 3.05) is 58.6 Å². The number of nitrogens with zero attached hydrogens (tertiary/aromatic N) is 4. The zero-order chi connectivity index (χ0) is 29.0. The lowest BCUT2D eigenvalue weighted by molar-refractivity contribution is -0.137. The molecule has 3 rings (SSSR count). The summed E-state index contributed by atoms with van der Waals surface area (Å²) in [5, 5.41) is 20.4. The summed E-state index contributed by atoms with van der Waals surface area (Å²) < 4.78 is 54.2. The van der Waals surface area contributed by atoms with E-state index in [0.29, 0.717) is 48.9 Å². The van der Waals surface area contributed by atoms with Gasteiger partial charge >= 0.3 is 6.18 Å². The van der Waals surface area contributed by atoms with Crippen LogP contribution in [0.3, 0.4) is 0 Å². The Hall–Kier alpha value is -4.08. The SMILES string of the molecule is COCC(=O)NCCOCCOCCNC(=O)c1ccc(Nc2ccc(C(F)(F)F)cc2)c(-c2nnn(C)n2)c1. The van der Waals surface area contributed by atoms with Crippen LogP contribution in [0.2, 0.25) is 0 Å². The second-order valence-electron chi connectivity index (χ2n) is 8.33. The van der Waals surface area contributed by atoms with E-state index in [9.17, 15) is 22.8 Å². The second-order valence-corrected chi connectivity index (χ2v) is 8.33. The first-order chi connectivity index (χ1) is 19.2. The van der Waals surface area contributed by atoms with Crippen LogP contribution in [-0.2, 0) is 32.2 Å². The van der Waals surface area contributed by atoms with Crippen LogP contribution in [0.15, 0.2) is 42.5 Å². The number of alkyl halides is 3. The monoisotopic (exact) mass is 565 g/mol. The van der Waals surface area contributed by atoms with Gasteiger partial charge in [0.25, 0.3) is 5.91 Å². The van der Waals surface area contributed by atoms with Crippen LogP contribution in [0.1, 0.15) is 15.9 Å². The van der Waals surface area contributed by atoms with Gasteiger partial charge in [0.15, 0.2) is 0 Å². The molecule has 0 bridgehead atoms. The standard InChI is InChI=1S/C25H30F3N7O5/c1-35-33-23(32-34-35)20-15-17(3-8-21(20)31-19-6-4-18(5-7-19)25(26,27)28)24(37)30-10-12-40-14-13-39-11-9-29-22(36)16-38-2/h3-8,15,31H,9-14,16H2,1-2H3,(H,29,36)(H,30,37). The molecule has 2 amide bonds. The maximum Gasteiger partial charge on any atom is 0.416 e. The number of ether oxygens (including phenoxy) is 3. The highest BCUT2D eigenvalue weighted by Gasteiger charge is 2.30. The lowest BCUT2D eigenvalue weighted by atomic mass is 10.1. The Kier molecular flexibility index (Phi) is 11.4. The first-order valence-corrected chi connectivity index (χ1v) is 12.2. The van der Waals surface area contributed by atoms with Gasteiger partial charge in [-0.15, -0.1) is 10.2 Å². The summed E-state index contributed by atoms with van der Waals surface area (Å²) in [7, 11) is 3.02. The summed E-state index contributed by atoms with van der Waals surface area (Å²) in [6.07, 6.45) is -4.44. The minimum atomic E-state index is -4.44. The highest BCUT2D eigenvalue weighted by atomic mass is 19.4. The molecule has 0 fully saturated rings. The first-order valence-electron chi connectivity index (χ1n) is 12.2. The van der Waals surface area contributed by atoms with Gasteiger partial charge in [-0.1, -0.05) is 0 Å². The van der Waals surface area contributed by atoms with Gasteiger partial charge in [-0.25, -0.2) is 0 Å². The average Bonchev–Trinajstić information content (AvgIpc) is 3.35. The Morgan fingerprint density at radius 2 is 1.62 bits per heavy atom. The molecule has 0 aliphatic heterocycles. The van der Waals surface area contributed by atoms with Crippen LogP contribution in [0, 0.1) is 0 Å². The Balaban J connectivity index is 1.51. The number of carbonyl (C=O) groups is 2. The molecule has 216 valence electrons. The lowest BCUT2D eigenvalue weighted by Gasteiger charge is -2.13. The molecule has 12 nitrogen and oxygen atoms in total. The third-order valence-corrected chi connectivity index (χ3v) is 5.27. The molecule has 0 radical (unpaired) electrons. The zero-order valence-corrected chi connectivity index (χ0v) is 22.0. The number of amides is 2. The number of nitrogens with one attached hydrogen (secondary N) is 3. The molecular weight excluding hydrogens is 535 g/mol. The Morgan fingerprint density at radius 1 is 0.950 bits per heavy atom. The van der Waals surface area contributed by atoms with Gasteiger partial charge in [0, 0.05) is 42.7 Å². The van der Waals surface area contributed by atoms with E-state index in [4.69, 9.17) is 14.2 Å². The maximum atomic E-state index is 12.9. The van der Waals surface area contributed by atoms with E-state index in [-0.39, 0.29) is 37.4 Å². The largest absolute Gasteiger partial charge is 0.416 e. The maximum absolute atomic E-state index is 12.9. The van der Waals surface area contributed by atoms with Crippen LogP contribution in [0.4, 0.5) is 24.5 Å². The number of aromatic nitrogens is 4. The quantitative estimate of drug-likeness (QED) is 0.236. The number of rotatable bonds is 15. The van der Waals surface area contributed by atoms with E-state index < -0.39 is 11.7 Å². The molecule has 0 aliphatic rings. The molecular formula is C25H30F3N7O5. The van der Waals surface area contributed by atoms with Crippen molar-refractivity contribution >= 4 is 23.2 Å². The van der Waals surface area contributed by atoms with E-state index in [2.05, 4.69) is 31.4 Å². The van der Waals surface area contributed by atoms with Gasteiger partial charge in [0.05, 0.1) is 39.0 Å². The van der Waals surface area contributed by atoms with Crippen LogP contribution < -0.4 is 16.0 Å². The third kappa shape index (κ3) is 9.59. The van der Waals surface area contributed by atoms with Gasteiger partial charge in [-0.05, 0) is 47.7 Å². The van der Waals surface area contributed by atoms with Crippen molar-refractivity contribution in [3.05, 3.63) is 53.6 Å². The van der Waals surface area contributed by atoms with Crippen molar-refractivity contribution in [2.45, 2.75) is 6.18 Å². The van der Waals surface area contributed by atoms with Gasteiger partial charge in [0.2, 0.25) is 11.7 Å². The molecule has 15 heteroatoms. The predicted molar refractivity (Wildman–Crippen MR) is 138 cm³/mol. The van der Waals surface area contributed by atoms with Crippen molar-refractivity contribution in [3.63, 3.8) is 0 Å². The van der Waals surface area contributed by atoms with Gasteiger partial charge in [0.1, 0.15) is 6.61 Å². The fraction of sp³-hybridized carbons (Fsp3) is 0.400. The van der Waals surface area contributed by atoms with Gasteiger partial charge in [-0.2, -0.15) is 18.0 Å². The number of anilines is 2. The highest BCUT2D eigenvalue weighted by molar-refractivity contribution is 5.97. The minimum absolute atomic E-state index is 0.00283. The summed E-state index contributed by atoms with van der Waals surface area (Å²) >= 11 is 0. The van der Waals surface area contributed by atoms with E-state index >= 15 is 0 Å². The number of tetrazole rings is 1. The second kappa shape index (κ2) is 14.9. The Labute approximate surface area is 228 Å². The molecule has 0 spiro atoms. The molecule has 1 heterocycles. The molecule has 0 saturated heterocycles. The number of methoxy groups -OCH3 is 1. The smallest absolute Gasteiger partial charge is 0.377 e. The van der Waals surface area contributed by atoms with Crippen molar-refractivity contribution in [2.24, 2.45) is 7.05 Å².